The van der Waals surface area contributed by atoms with Crippen LogP contribution in [0.2, 0.25) is 0 Å². The van der Waals surface area contributed by atoms with Crippen molar-refractivity contribution in [3.63, 3.8) is 0 Å². The first-order valence-corrected chi connectivity index (χ1v) is 11.4. The van der Waals surface area contributed by atoms with Crippen LogP contribution in [-0.2, 0) is 24.8 Å². The molecule has 4 heterocycles. The number of fused-ring (bicyclic) bond motifs is 1. The fraction of sp³-hybridized carbons (Fsp3) is 0.308. The van der Waals surface area contributed by atoms with Crippen LogP contribution in [0.3, 0.4) is 0 Å². The number of likely N-dealkylation sites (tertiary alicyclic amines) is 1. The maximum Gasteiger partial charge on any atom is 0.253 e. The molecule has 33 heavy (non-hydrogen) atoms. The maximum atomic E-state index is 13.0. The predicted octanol–water partition coefficient (Wildman–Crippen LogP) is 3.28. The van der Waals surface area contributed by atoms with Crippen LogP contribution in [0, 0.1) is 5.92 Å². The summed E-state index contributed by atoms with van der Waals surface area (Å²) in [6.07, 6.45) is 9.29. The summed E-state index contributed by atoms with van der Waals surface area (Å²) < 4.78 is 3.76. The van der Waals surface area contributed by atoms with Crippen LogP contribution < -0.4 is 5.56 Å². The van der Waals surface area contributed by atoms with Crippen LogP contribution >= 0.6 is 0 Å². The molecular weight excluding hydrogens is 414 g/mol. The van der Waals surface area contributed by atoms with E-state index in [4.69, 9.17) is 0 Å². The summed E-state index contributed by atoms with van der Waals surface area (Å²) in [6, 6.07) is 13.5. The van der Waals surface area contributed by atoms with Gasteiger partial charge in [-0.15, -0.1) is 0 Å². The van der Waals surface area contributed by atoms with Crippen molar-refractivity contribution in [2.24, 2.45) is 13.0 Å². The Hall–Kier alpha value is -3.74. The quantitative estimate of drug-likeness (QED) is 0.477. The number of aryl methyl sites for hydroxylation is 1. The molecule has 0 atom stereocenters. The van der Waals surface area contributed by atoms with Gasteiger partial charge in [0.25, 0.3) is 5.56 Å². The lowest BCUT2D eigenvalue weighted by atomic mass is 9.96. The van der Waals surface area contributed by atoms with Crippen LogP contribution in [0.1, 0.15) is 18.4 Å². The van der Waals surface area contributed by atoms with Gasteiger partial charge in [0.15, 0.2) is 0 Å². The van der Waals surface area contributed by atoms with Crippen molar-refractivity contribution in [3.8, 4) is 11.3 Å². The zero-order valence-corrected chi connectivity index (χ0v) is 18.7. The van der Waals surface area contributed by atoms with Gasteiger partial charge >= 0.3 is 0 Å². The molecule has 0 saturated carbocycles. The van der Waals surface area contributed by atoms with E-state index in [1.165, 1.54) is 0 Å². The molecule has 0 unspecified atom stereocenters. The Morgan fingerprint density at radius 1 is 1.12 bits per heavy atom. The molecule has 1 aromatic carbocycles. The molecule has 1 saturated heterocycles. The van der Waals surface area contributed by atoms with Crippen molar-refractivity contribution in [1.82, 2.24) is 24.0 Å². The second-order valence-corrected chi connectivity index (χ2v) is 8.79. The molecule has 0 bridgehead atoms. The van der Waals surface area contributed by atoms with Crippen LogP contribution in [0.4, 0.5) is 0 Å². The van der Waals surface area contributed by atoms with Crippen LogP contribution in [-0.4, -0.2) is 43.0 Å². The fourth-order valence-electron chi connectivity index (χ4n) is 4.72. The SMILES string of the molecule is Cn1cc(CC(=O)N2CCC(Cn3cnc(-c4cccnc4)cc3=O)CC2)c2ccccc21. The molecule has 5 rings (SSSR count). The van der Waals surface area contributed by atoms with Gasteiger partial charge in [-0.1, -0.05) is 18.2 Å². The van der Waals surface area contributed by atoms with Crippen molar-refractivity contribution < 1.29 is 4.79 Å². The lowest BCUT2D eigenvalue weighted by molar-refractivity contribution is -0.131. The second kappa shape index (κ2) is 9.02. The average Bonchev–Trinajstić information content (AvgIpc) is 3.16. The molecular formula is C26H27N5O2. The van der Waals surface area contributed by atoms with Gasteiger partial charge in [0, 0.05) is 67.8 Å². The molecule has 1 fully saturated rings. The first-order valence-electron chi connectivity index (χ1n) is 11.4. The molecule has 0 aliphatic carbocycles. The summed E-state index contributed by atoms with van der Waals surface area (Å²) in [7, 11) is 2.02. The van der Waals surface area contributed by atoms with Crippen molar-refractivity contribution in [2.75, 3.05) is 13.1 Å². The third kappa shape index (κ3) is 4.44. The van der Waals surface area contributed by atoms with E-state index in [9.17, 15) is 9.59 Å². The van der Waals surface area contributed by atoms with Gasteiger partial charge < -0.3 is 9.47 Å². The van der Waals surface area contributed by atoms with E-state index in [2.05, 4.69) is 32.9 Å². The highest BCUT2D eigenvalue weighted by molar-refractivity contribution is 5.89. The number of rotatable bonds is 5. The smallest absolute Gasteiger partial charge is 0.253 e. The molecule has 0 spiro atoms. The van der Waals surface area contributed by atoms with Gasteiger partial charge in [-0.05, 0) is 42.5 Å². The number of pyridine rings is 1. The molecule has 1 aliphatic rings. The number of nitrogens with zero attached hydrogens (tertiary/aromatic N) is 5. The Labute approximate surface area is 192 Å². The van der Waals surface area contributed by atoms with Crippen molar-refractivity contribution in [2.45, 2.75) is 25.8 Å². The number of aromatic nitrogens is 4. The summed E-state index contributed by atoms with van der Waals surface area (Å²) in [5, 5.41) is 1.14. The number of hydrogen-bond donors (Lipinski definition) is 0. The first-order chi connectivity index (χ1) is 16.1. The van der Waals surface area contributed by atoms with E-state index in [1.54, 1.807) is 29.4 Å². The largest absolute Gasteiger partial charge is 0.350 e. The van der Waals surface area contributed by atoms with E-state index in [1.807, 2.05) is 36.2 Å². The summed E-state index contributed by atoms with van der Waals surface area (Å²) in [5.74, 6) is 0.528. The average molecular weight is 442 g/mol. The highest BCUT2D eigenvalue weighted by atomic mass is 16.2. The van der Waals surface area contributed by atoms with Crippen LogP contribution in [0.25, 0.3) is 22.2 Å². The lowest BCUT2D eigenvalue weighted by Crippen LogP contribution is -2.40. The van der Waals surface area contributed by atoms with Crippen LogP contribution in [0.5, 0.6) is 0 Å². The number of para-hydroxylation sites is 1. The molecule has 3 aromatic heterocycles. The fourth-order valence-corrected chi connectivity index (χ4v) is 4.72. The first kappa shape index (κ1) is 21.1. The van der Waals surface area contributed by atoms with Crippen molar-refractivity contribution in [1.29, 1.82) is 0 Å². The van der Waals surface area contributed by atoms with E-state index < -0.39 is 0 Å². The molecule has 0 radical (unpaired) electrons. The Bertz CT molecular complexity index is 1330. The number of benzene rings is 1. The number of piperidine rings is 1. The minimum absolute atomic E-state index is 0.0571. The number of amides is 1. The van der Waals surface area contributed by atoms with Gasteiger partial charge in [0.2, 0.25) is 5.91 Å². The minimum atomic E-state index is -0.0571. The van der Waals surface area contributed by atoms with Crippen LogP contribution in [0.15, 0.2) is 72.2 Å². The van der Waals surface area contributed by atoms with E-state index in [-0.39, 0.29) is 11.5 Å². The zero-order chi connectivity index (χ0) is 22.8. The van der Waals surface area contributed by atoms with E-state index >= 15 is 0 Å². The predicted molar refractivity (Wildman–Crippen MR) is 128 cm³/mol. The second-order valence-electron chi connectivity index (χ2n) is 8.79. The summed E-state index contributed by atoms with van der Waals surface area (Å²) in [4.78, 5) is 36.1. The topological polar surface area (TPSA) is 73.0 Å². The minimum Gasteiger partial charge on any atom is -0.350 e. The number of carbonyl (C=O) groups excluding carboxylic acids is 1. The molecule has 0 N–H and O–H groups in total. The van der Waals surface area contributed by atoms with Gasteiger partial charge in [-0.3, -0.25) is 19.1 Å². The van der Waals surface area contributed by atoms with Crippen molar-refractivity contribution in [3.05, 3.63) is 83.3 Å². The number of carbonyl (C=O) groups is 1. The molecule has 7 nitrogen and oxygen atoms in total. The lowest BCUT2D eigenvalue weighted by Gasteiger charge is -2.32. The van der Waals surface area contributed by atoms with Gasteiger partial charge in [0.05, 0.1) is 18.4 Å². The molecule has 7 heteroatoms. The normalized spacial score (nSPS) is 14.6. The highest BCUT2D eigenvalue weighted by Crippen LogP contribution is 2.23. The third-order valence-electron chi connectivity index (χ3n) is 6.58. The standard InChI is InChI=1S/C26H27N5O2/c1-29-17-21(22-6-2-3-7-24(22)29)13-25(32)30-11-8-19(9-12-30)16-31-18-28-23(14-26(31)33)20-5-4-10-27-15-20/h2-7,10,14-15,17-19H,8-9,11-13,16H2,1H3. The summed E-state index contributed by atoms with van der Waals surface area (Å²) in [6.45, 7) is 2.08. The van der Waals surface area contributed by atoms with E-state index in [0.717, 1.165) is 48.0 Å². The van der Waals surface area contributed by atoms with Gasteiger partial charge in [-0.2, -0.15) is 0 Å². The van der Waals surface area contributed by atoms with Gasteiger partial charge in [-0.25, -0.2) is 4.98 Å². The van der Waals surface area contributed by atoms with Crippen molar-refractivity contribution >= 4 is 16.8 Å². The summed E-state index contributed by atoms with van der Waals surface area (Å²) >= 11 is 0. The molecule has 1 amide bonds. The highest BCUT2D eigenvalue weighted by Gasteiger charge is 2.24. The van der Waals surface area contributed by atoms with Gasteiger partial charge in [0.1, 0.15) is 0 Å². The zero-order valence-electron chi connectivity index (χ0n) is 18.7. The molecule has 168 valence electrons. The molecule has 1 aliphatic heterocycles. The third-order valence-corrected chi connectivity index (χ3v) is 6.58. The Morgan fingerprint density at radius 3 is 2.70 bits per heavy atom. The summed E-state index contributed by atoms with van der Waals surface area (Å²) in [5.41, 5.74) is 3.63. The molecule has 4 aromatic rings. The number of hydrogen-bond acceptors (Lipinski definition) is 4. The Kier molecular flexibility index (Phi) is 5.77. The van der Waals surface area contributed by atoms with E-state index in [0.29, 0.717) is 24.6 Å². The Balaban J connectivity index is 1.19. The maximum absolute atomic E-state index is 13.0. The monoisotopic (exact) mass is 441 g/mol. The Morgan fingerprint density at radius 2 is 1.94 bits per heavy atom.